The van der Waals surface area contributed by atoms with Gasteiger partial charge in [-0.3, -0.25) is 9.69 Å². The summed E-state index contributed by atoms with van der Waals surface area (Å²) < 4.78 is 13.0. The maximum absolute atomic E-state index is 13.0. The van der Waals surface area contributed by atoms with Crippen LogP contribution >= 0.6 is 11.6 Å². The molecule has 0 atom stereocenters. The first-order chi connectivity index (χ1) is 14.0. The van der Waals surface area contributed by atoms with Crippen molar-refractivity contribution < 1.29 is 14.0 Å². The van der Waals surface area contributed by atoms with Gasteiger partial charge in [0.2, 0.25) is 0 Å². The van der Waals surface area contributed by atoms with Gasteiger partial charge in [-0.2, -0.15) is 0 Å². The Morgan fingerprint density at radius 3 is 2.21 bits per heavy atom. The molecule has 0 saturated heterocycles. The molecule has 5 nitrogen and oxygen atoms in total. The van der Waals surface area contributed by atoms with Gasteiger partial charge < -0.3 is 10.6 Å². The minimum atomic E-state index is -0.407. The lowest BCUT2D eigenvalue weighted by molar-refractivity contribution is 0.0954. The second kappa shape index (κ2) is 9.71. The highest BCUT2D eigenvalue weighted by Crippen LogP contribution is 2.17. The minimum Gasteiger partial charge on any atom is -0.350 e. The van der Waals surface area contributed by atoms with E-state index in [4.69, 9.17) is 11.6 Å². The van der Waals surface area contributed by atoms with Crippen LogP contribution in [-0.4, -0.2) is 25.0 Å². The molecule has 2 N–H and O–H groups in total. The minimum absolute atomic E-state index is 0.221. The number of halogens is 2. The molecule has 0 fully saturated rings. The molecule has 148 valence electrons. The van der Waals surface area contributed by atoms with E-state index in [9.17, 15) is 14.0 Å². The highest BCUT2D eigenvalue weighted by Gasteiger charge is 2.16. The summed E-state index contributed by atoms with van der Waals surface area (Å²) in [6.45, 7) is 0.468. The summed E-state index contributed by atoms with van der Waals surface area (Å²) in [5.41, 5.74) is 1.65. The zero-order valence-electron chi connectivity index (χ0n) is 15.4. The fraction of sp³-hybridized carbons (Fsp3) is 0.0909. The molecule has 0 aromatic heterocycles. The van der Waals surface area contributed by atoms with Crippen molar-refractivity contribution in [1.29, 1.82) is 0 Å². The molecular weight excluding hydrogens is 393 g/mol. The molecular formula is C22H19ClFN3O2. The zero-order chi connectivity index (χ0) is 20.6. The molecule has 3 aromatic rings. The average Bonchev–Trinajstić information content (AvgIpc) is 2.74. The summed E-state index contributed by atoms with van der Waals surface area (Å²) in [5.74, 6) is -0.744. The van der Waals surface area contributed by atoms with Gasteiger partial charge in [-0.25, -0.2) is 9.18 Å². The first kappa shape index (κ1) is 20.4. The molecule has 0 aliphatic carbocycles. The quantitative estimate of drug-likeness (QED) is 0.603. The van der Waals surface area contributed by atoms with Crippen molar-refractivity contribution in [2.75, 3.05) is 23.3 Å². The molecule has 0 saturated carbocycles. The molecule has 7 heteroatoms. The summed E-state index contributed by atoms with van der Waals surface area (Å²) in [6, 6.07) is 20.9. The maximum Gasteiger partial charge on any atom is 0.326 e. The highest BCUT2D eigenvalue weighted by atomic mass is 35.5. The third-order valence-electron chi connectivity index (χ3n) is 4.14. The molecule has 3 rings (SSSR count). The van der Waals surface area contributed by atoms with Gasteiger partial charge in [0.05, 0.1) is 0 Å². The average molecular weight is 412 g/mol. The fourth-order valence-electron chi connectivity index (χ4n) is 2.66. The van der Waals surface area contributed by atoms with Crippen LogP contribution in [0.5, 0.6) is 0 Å². The Kier molecular flexibility index (Phi) is 6.81. The van der Waals surface area contributed by atoms with E-state index in [1.165, 1.54) is 29.2 Å². The summed E-state index contributed by atoms with van der Waals surface area (Å²) in [6.07, 6.45) is 0. The van der Waals surface area contributed by atoms with Crippen LogP contribution in [0.1, 0.15) is 10.4 Å². The fourth-order valence-corrected chi connectivity index (χ4v) is 2.79. The van der Waals surface area contributed by atoms with Crippen LogP contribution in [0.4, 0.5) is 20.6 Å². The molecule has 0 spiro atoms. The van der Waals surface area contributed by atoms with E-state index >= 15 is 0 Å². The van der Waals surface area contributed by atoms with Crippen LogP contribution in [0.3, 0.4) is 0 Å². The number of urea groups is 1. The van der Waals surface area contributed by atoms with E-state index in [-0.39, 0.29) is 25.0 Å². The van der Waals surface area contributed by atoms with E-state index in [1.807, 2.05) is 30.3 Å². The van der Waals surface area contributed by atoms with Crippen LogP contribution in [0, 0.1) is 5.82 Å². The van der Waals surface area contributed by atoms with E-state index in [0.29, 0.717) is 22.0 Å². The summed E-state index contributed by atoms with van der Waals surface area (Å²) in [7, 11) is 0. The van der Waals surface area contributed by atoms with Crippen molar-refractivity contribution in [2.45, 2.75) is 0 Å². The van der Waals surface area contributed by atoms with Crippen LogP contribution in [0.2, 0.25) is 5.02 Å². The van der Waals surface area contributed by atoms with E-state index in [0.717, 1.165) is 0 Å². The van der Waals surface area contributed by atoms with Gasteiger partial charge in [-0.05, 0) is 60.7 Å². The number of carbonyl (C=O) groups excluding carboxylic acids is 2. The van der Waals surface area contributed by atoms with Crippen LogP contribution in [0.15, 0.2) is 78.9 Å². The van der Waals surface area contributed by atoms with Crippen LogP contribution in [-0.2, 0) is 0 Å². The van der Waals surface area contributed by atoms with E-state index < -0.39 is 5.82 Å². The topological polar surface area (TPSA) is 61.4 Å². The number of nitrogens with zero attached hydrogens (tertiary/aromatic N) is 1. The standard InChI is InChI=1S/C22H19ClFN3O2/c23-17-8-12-19(13-9-17)26-22(29)27(20-4-2-1-3-5-20)15-14-25-21(28)16-6-10-18(24)11-7-16/h1-13H,14-15H2,(H,25,28)(H,26,29). The lowest BCUT2D eigenvalue weighted by Crippen LogP contribution is -2.41. The van der Waals surface area contributed by atoms with Crippen molar-refractivity contribution in [3.8, 4) is 0 Å². The molecule has 0 aliphatic heterocycles. The van der Waals surface area contributed by atoms with Crippen LogP contribution in [0.25, 0.3) is 0 Å². The van der Waals surface area contributed by atoms with Crippen molar-refractivity contribution in [3.63, 3.8) is 0 Å². The predicted molar refractivity (Wildman–Crippen MR) is 113 cm³/mol. The molecule has 29 heavy (non-hydrogen) atoms. The third kappa shape index (κ3) is 5.80. The molecule has 3 amide bonds. The van der Waals surface area contributed by atoms with Crippen molar-refractivity contribution in [1.82, 2.24) is 5.32 Å². The lowest BCUT2D eigenvalue weighted by Gasteiger charge is -2.23. The van der Waals surface area contributed by atoms with Crippen molar-refractivity contribution >= 4 is 34.9 Å². The number of para-hydroxylation sites is 1. The summed E-state index contributed by atoms with van der Waals surface area (Å²) in [5, 5.41) is 6.14. The van der Waals surface area contributed by atoms with Crippen molar-refractivity contribution in [3.05, 3.63) is 95.3 Å². The Morgan fingerprint density at radius 2 is 1.55 bits per heavy atom. The number of carbonyl (C=O) groups is 2. The molecule has 0 aliphatic rings. The predicted octanol–water partition coefficient (Wildman–Crippen LogP) is 4.95. The SMILES string of the molecule is O=C(NCCN(C(=O)Nc1ccc(Cl)cc1)c1ccccc1)c1ccc(F)cc1. The second-order valence-electron chi connectivity index (χ2n) is 6.19. The highest BCUT2D eigenvalue weighted by molar-refractivity contribution is 6.30. The number of hydrogen-bond donors (Lipinski definition) is 2. The Morgan fingerprint density at radius 1 is 0.897 bits per heavy atom. The molecule has 0 bridgehead atoms. The number of rotatable bonds is 6. The lowest BCUT2D eigenvalue weighted by atomic mass is 10.2. The van der Waals surface area contributed by atoms with Gasteiger partial charge in [-0.1, -0.05) is 29.8 Å². The Bertz CT molecular complexity index is 964. The Labute approximate surface area is 173 Å². The van der Waals surface area contributed by atoms with Crippen LogP contribution < -0.4 is 15.5 Å². The largest absolute Gasteiger partial charge is 0.350 e. The molecule has 0 unspecified atom stereocenters. The van der Waals surface area contributed by atoms with Gasteiger partial charge in [-0.15, -0.1) is 0 Å². The van der Waals surface area contributed by atoms with Gasteiger partial charge in [0, 0.05) is 35.1 Å². The summed E-state index contributed by atoms with van der Waals surface area (Å²) in [4.78, 5) is 26.5. The van der Waals surface area contributed by atoms with Crippen molar-refractivity contribution in [2.24, 2.45) is 0 Å². The molecule has 0 radical (unpaired) electrons. The number of hydrogen-bond acceptors (Lipinski definition) is 2. The van der Waals surface area contributed by atoms with Gasteiger partial charge in [0.15, 0.2) is 0 Å². The van der Waals surface area contributed by atoms with Gasteiger partial charge >= 0.3 is 6.03 Å². The van der Waals surface area contributed by atoms with E-state index in [2.05, 4.69) is 10.6 Å². The number of anilines is 2. The number of nitrogens with one attached hydrogen (secondary N) is 2. The first-order valence-corrected chi connectivity index (χ1v) is 9.33. The zero-order valence-corrected chi connectivity index (χ0v) is 16.2. The number of amides is 3. The first-order valence-electron chi connectivity index (χ1n) is 8.96. The Hall–Kier alpha value is -3.38. The number of benzene rings is 3. The normalized spacial score (nSPS) is 10.3. The maximum atomic E-state index is 13.0. The van der Waals surface area contributed by atoms with Gasteiger partial charge in [0.25, 0.3) is 5.91 Å². The Balaban J connectivity index is 1.65. The molecule has 3 aromatic carbocycles. The second-order valence-corrected chi connectivity index (χ2v) is 6.62. The smallest absolute Gasteiger partial charge is 0.326 e. The third-order valence-corrected chi connectivity index (χ3v) is 4.39. The molecule has 0 heterocycles. The van der Waals surface area contributed by atoms with Gasteiger partial charge in [0.1, 0.15) is 5.82 Å². The van der Waals surface area contributed by atoms with E-state index in [1.54, 1.807) is 24.3 Å². The monoisotopic (exact) mass is 411 g/mol. The summed E-state index contributed by atoms with van der Waals surface area (Å²) >= 11 is 5.88.